The Morgan fingerprint density at radius 1 is 1.03 bits per heavy atom. The van der Waals surface area contributed by atoms with Gasteiger partial charge < -0.3 is 18.9 Å². The van der Waals surface area contributed by atoms with Gasteiger partial charge in [0.1, 0.15) is 6.79 Å². The molecule has 5 aliphatic rings. The van der Waals surface area contributed by atoms with Crippen LogP contribution in [0.1, 0.15) is 84.1 Å². The zero-order valence-corrected chi connectivity index (χ0v) is 23.9. The average Bonchev–Trinajstić information content (AvgIpc) is 3.63. The van der Waals surface area contributed by atoms with E-state index in [1.54, 1.807) is 0 Å². The predicted octanol–water partition coefficient (Wildman–Crippen LogP) is 6.78. The molecule has 0 spiro atoms. The highest BCUT2D eigenvalue weighted by Gasteiger charge is 2.67. The summed E-state index contributed by atoms with van der Waals surface area (Å²) in [6.07, 6.45) is 11.5. The van der Waals surface area contributed by atoms with Crippen molar-refractivity contribution in [3.05, 3.63) is 35.9 Å². The van der Waals surface area contributed by atoms with Crippen LogP contribution in [0.2, 0.25) is 0 Å². The molecule has 1 heterocycles. The van der Waals surface area contributed by atoms with Crippen molar-refractivity contribution in [1.82, 2.24) is 0 Å². The van der Waals surface area contributed by atoms with Gasteiger partial charge in [-0.2, -0.15) is 0 Å². The topological polar surface area (TPSA) is 57.3 Å². The Kier molecular flexibility index (Phi) is 7.41. The first-order valence-electron chi connectivity index (χ1n) is 15.3. The smallest absolute Gasteiger partial charge is 0.305 e. The molecule has 4 saturated carbocycles. The van der Waals surface area contributed by atoms with Gasteiger partial charge >= 0.3 is 5.97 Å². The lowest BCUT2D eigenvalue weighted by Gasteiger charge is -2.62. The van der Waals surface area contributed by atoms with Gasteiger partial charge in [-0.1, -0.05) is 51.1 Å². The monoisotopic (exact) mass is 524 g/mol. The van der Waals surface area contributed by atoms with Gasteiger partial charge in [0.15, 0.2) is 0 Å². The average molecular weight is 525 g/mol. The molecule has 1 aliphatic heterocycles. The summed E-state index contributed by atoms with van der Waals surface area (Å²) in [7, 11) is 1.50. The number of carbonyl (C=O) groups is 1. The molecule has 4 aliphatic carbocycles. The van der Waals surface area contributed by atoms with Gasteiger partial charge in [0.05, 0.1) is 32.0 Å². The number of hydrogen-bond acceptors (Lipinski definition) is 5. The molecule has 5 nitrogen and oxygen atoms in total. The van der Waals surface area contributed by atoms with Crippen LogP contribution in [0.3, 0.4) is 0 Å². The molecule has 1 saturated heterocycles. The SMILES string of the molecule is COC(=O)CC[C@@H](C)[C@H]1CC[C@H]2[C@@H]3[C@H](OCOCc4ccccc4)C[C@H]4[C@@H]5O[C@@H]5CC[C@]4(C)[C@H]3CC[C@]12C. The summed E-state index contributed by atoms with van der Waals surface area (Å²) in [5, 5.41) is 0. The summed E-state index contributed by atoms with van der Waals surface area (Å²) >= 11 is 0. The number of hydrogen-bond donors (Lipinski definition) is 0. The van der Waals surface area contributed by atoms with E-state index < -0.39 is 0 Å². The van der Waals surface area contributed by atoms with Gasteiger partial charge in [0.25, 0.3) is 0 Å². The minimum absolute atomic E-state index is 0.0756. The molecule has 5 heteroatoms. The maximum Gasteiger partial charge on any atom is 0.305 e. The standard InChI is InChI=1S/C33H48O5/c1-21(10-13-29(34)35-4)23-11-12-24-30-25(14-16-32(23,24)2)33(3)17-15-27-31(38-27)26(33)18-28(30)37-20-36-19-22-8-6-5-7-9-22/h5-9,21,23-28,30-31H,10-20H2,1-4H3/t21-,23-,24+,25+,26+,27-,28-,30+,31+,32-,33-/m1/s1. The second-order valence-corrected chi connectivity index (χ2v) is 13.8. The minimum Gasteiger partial charge on any atom is -0.469 e. The fourth-order valence-electron chi connectivity index (χ4n) is 10.2. The molecule has 11 atom stereocenters. The minimum atomic E-state index is -0.0756. The van der Waals surface area contributed by atoms with E-state index >= 15 is 0 Å². The van der Waals surface area contributed by atoms with E-state index in [4.69, 9.17) is 18.9 Å². The van der Waals surface area contributed by atoms with Crippen molar-refractivity contribution in [3.8, 4) is 0 Å². The third-order valence-electron chi connectivity index (χ3n) is 12.2. The molecular formula is C33H48O5. The van der Waals surface area contributed by atoms with Crippen LogP contribution in [0.4, 0.5) is 0 Å². The number of rotatable bonds is 9. The van der Waals surface area contributed by atoms with Crippen molar-refractivity contribution in [3.63, 3.8) is 0 Å². The maximum atomic E-state index is 11.9. The first-order valence-corrected chi connectivity index (χ1v) is 15.3. The molecular weight excluding hydrogens is 476 g/mol. The van der Waals surface area contributed by atoms with Gasteiger partial charge in [0, 0.05) is 6.42 Å². The summed E-state index contributed by atoms with van der Waals surface area (Å²) < 4.78 is 24.0. The normalized spacial score (nSPS) is 43.8. The van der Waals surface area contributed by atoms with E-state index in [0.717, 1.165) is 12.8 Å². The van der Waals surface area contributed by atoms with Crippen LogP contribution in [-0.2, 0) is 30.3 Å². The van der Waals surface area contributed by atoms with E-state index in [-0.39, 0.29) is 12.1 Å². The molecule has 0 aromatic heterocycles. The van der Waals surface area contributed by atoms with Crippen molar-refractivity contribution < 1.29 is 23.7 Å². The van der Waals surface area contributed by atoms with Crippen LogP contribution in [0, 0.1) is 46.3 Å². The molecule has 0 amide bonds. The van der Waals surface area contributed by atoms with Crippen molar-refractivity contribution in [2.24, 2.45) is 46.3 Å². The molecule has 6 rings (SSSR count). The van der Waals surface area contributed by atoms with Crippen LogP contribution in [0.25, 0.3) is 0 Å². The van der Waals surface area contributed by atoms with Crippen molar-refractivity contribution in [2.45, 2.75) is 103 Å². The van der Waals surface area contributed by atoms with Gasteiger partial charge in [0.2, 0.25) is 0 Å². The largest absolute Gasteiger partial charge is 0.469 e. The zero-order valence-electron chi connectivity index (χ0n) is 23.9. The Bertz CT molecular complexity index is 981. The van der Waals surface area contributed by atoms with Gasteiger partial charge in [-0.15, -0.1) is 0 Å². The maximum absolute atomic E-state index is 11.9. The Morgan fingerprint density at radius 3 is 2.58 bits per heavy atom. The number of ether oxygens (including phenoxy) is 4. The number of methoxy groups -OCH3 is 1. The summed E-state index contributed by atoms with van der Waals surface area (Å²) in [6, 6.07) is 10.4. The van der Waals surface area contributed by atoms with Crippen LogP contribution in [0.15, 0.2) is 30.3 Å². The summed E-state index contributed by atoms with van der Waals surface area (Å²) in [5.41, 5.74) is 1.87. The first-order chi connectivity index (χ1) is 18.3. The van der Waals surface area contributed by atoms with E-state index in [2.05, 4.69) is 45.0 Å². The fourth-order valence-corrected chi connectivity index (χ4v) is 10.2. The summed E-state index contributed by atoms with van der Waals surface area (Å²) in [6.45, 7) is 8.52. The predicted molar refractivity (Wildman–Crippen MR) is 146 cm³/mol. The third kappa shape index (κ3) is 4.65. The first kappa shape index (κ1) is 26.8. The second kappa shape index (κ2) is 10.5. The molecule has 210 valence electrons. The quantitative estimate of drug-likeness (QED) is 0.154. The molecule has 38 heavy (non-hydrogen) atoms. The van der Waals surface area contributed by atoms with Crippen molar-refractivity contribution in [2.75, 3.05) is 13.9 Å². The molecule has 0 unspecified atom stereocenters. The second-order valence-electron chi connectivity index (χ2n) is 13.8. The van der Waals surface area contributed by atoms with Crippen LogP contribution in [0.5, 0.6) is 0 Å². The molecule has 1 aromatic carbocycles. The van der Waals surface area contributed by atoms with E-state index in [1.807, 2.05) is 6.07 Å². The van der Waals surface area contributed by atoms with Crippen LogP contribution in [-0.4, -0.2) is 38.2 Å². The van der Waals surface area contributed by atoms with E-state index in [1.165, 1.54) is 51.2 Å². The van der Waals surface area contributed by atoms with E-state index in [9.17, 15) is 4.79 Å². The Morgan fingerprint density at radius 2 is 1.79 bits per heavy atom. The molecule has 5 fully saturated rings. The number of esters is 1. The number of epoxide rings is 1. The van der Waals surface area contributed by atoms with Crippen LogP contribution >= 0.6 is 0 Å². The number of fused-ring (bicyclic) bond motifs is 7. The molecule has 1 aromatic rings. The van der Waals surface area contributed by atoms with Crippen molar-refractivity contribution >= 4 is 5.97 Å². The fraction of sp³-hybridized carbons (Fsp3) is 0.788. The molecule has 0 radical (unpaired) electrons. The lowest BCUT2D eigenvalue weighted by atomic mass is 9.44. The molecule has 0 bridgehead atoms. The third-order valence-corrected chi connectivity index (χ3v) is 12.2. The van der Waals surface area contributed by atoms with Gasteiger partial charge in [-0.25, -0.2) is 0 Å². The van der Waals surface area contributed by atoms with Gasteiger partial charge in [-0.05, 0) is 103 Å². The lowest BCUT2D eigenvalue weighted by Crippen LogP contribution is -2.59. The van der Waals surface area contributed by atoms with Crippen LogP contribution < -0.4 is 0 Å². The lowest BCUT2D eigenvalue weighted by molar-refractivity contribution is -0.206. The Labute approximate surface area is 229 Å². The van der Waals surface area contributed by atoms with Gasteiger partial charge in [-0.3, -0.25) is 4.79 Å². The number of carbonyl (C=O) groups excluding carboxylic acids is 1. The Balaban J connectivity index is 1.20. The highest BCUT2D eigenvalue weighted by atomic mass is 16.7. The highest BCUT2D eigenvalue weighted by molar-refractivity contribution is 5.69. The molecule has 0 N–H and O–H groups in total. The van der Waals surface area contributed by atoms with Crippen molar-refractivity contribution in [1.29, 1.82) is 0 Å². The summed E-state index contributed by atoms with van der Waals surface area (Å²) in [5.74, 6) is 3.71. The Hall–Kier alpha value is -1.43. The number of benzene rings is 1. The zero-order chi connectivity index (χ0) is 26.5. The van der Waals surface area contributed by atoms with E-state index in [0.29, 0.717) is 78.4 Å². The summed E-state index contributed by atoms with van der Waals surface area (Å²) in [4.78, 5) is 11.9. The highest BCUT2D eigenvalue weighted by Crippen LogP contribution is 2.70.